The second-order valence-corrected chi connectivity index (χ2v) is 6.65. The van der Waals surface area contributed by atoms with Gasteiger partial charge in [-0.2, -0.15) is 0 Å². The third-order valence-electron chi connectivity index (χ3n) is 4.15. The first kappa shape index (κ1) is 21.7. The van der Waals surface area contributed by atoms with Gasteiger partial charge in [0.05, 0.1) is 0 Å². The van der Waals surface area contributed by atoms with Crippen LogP contribution < -0.4 is 45.3 Å². The van der Waals surface area contributed by atoms with Gasteiger partial charge < -0.3 is 20.5 Å². The van der Waals surface area contributed by atoms with Crippen LogP contribution in [0, 0.1) is 11.8 Å². The van der Waals surface area contributed by atoms with Gasteiger partial charge in [0.2, 0.25) is 11.8 Å². The fraction of sp³-hybridized carbons (Fsp3) is 0.500. The monoisotopic (exact) mass is 354 g/mol. The molecule has 0 saturated heterocycles. The van der Waals surface area contributed by atoms with Gasteiger partial charge in [0, 0.05) is 17.6 Å². The Bertz CT molecular complexity index is 633. The van der Waals surface area contributed by atoms with E-state index in [-0.39, 0.29) is 47.8 Å². The number of rotatable bonds is 6. The number of fused-ring (bicyclic) bond motifs is 1. The van der Waals surface area contributed by atoms with Crippen LogP contribution in [0.2, 0.25) is 0 Å². The summed E-state index contributed by atoms with van der Waals surface area (Å²) >= 11 is 0. The van der Waals surface area contributed by atoms with Gasteiger partial charge in [-0.05, 0) is 43.2 Å². The smallest absolute Gasteiger partial charge is 0.550 e. The molecule has 1 aromatic rings. The van der Waals surface area contributed by atoms with Crippen molar-refractivity contribution in [3.05, 3.63) is 29.8 Å². The van der Waals surface area contributed by atoms with E-state index < -0.39 is 23.8 Å². The molecule has 2 amide bonds. The van der Waals surface area contributed by atoms with Gasteiger partial charge >= 0.3 is 29.6 Å². The molecule has 0 aliphatic carbocycles. The van der Waals surface area contributed by atoms with Crippen LogP contribution in [-0.4, -0.2) is 23.8 Å². The maximum Gasteiger partial charge on any atom is 1.00 e. The molecule has 0 bridgehead atoms. The molecular weight excluding hydrogens is 331 g/mol. The molecule has 1 aromatic carbocycles. The summed E-state index contributed by atoms with van der Waals surface area (Å²) in [4.78, 5) is 35.6. The molecule has 1 aliphatic heterocycles. The van der Waals surface area contributed by atoms with E-state index in [1.165, 1.54) is 0 Å². The predicted octanol–water partition coefficient (Wildman–Crippen LogP) is -2.14. The second kappa shape index (κ2) is 9.94. The third-order valence-corrected chi connectivity index (χ3v) is 4.15. The molecule has 2 rings (SSSR count). The van der Waals surface area contributed by atoms with Crippen molar-refractivity contribution in [3.8, 4) is 0 Å². The Balaban J connectivity index is 0.00000312. The minimum absolute atomic E-state index is 0. The molecule has 1 heterocycles. The molecule has 130 valence electrons. The number of aliphatic carboxylic acids is 1. The summed E-state index contributed by atoms with van der Waals surface area (Å²) < 4.78 is 0. The summed E-state index contributed by atoms with van der Waals surface area (Å²) in [5.74, 6) is -2.45. The van der Waals surface area contributed by atoms with Crippen LogP contribution in [0.4, 0.5) is 5.69 Å². The zero-order valence-electron chi connectivity index (χ0n) is 15.0. The maximum absolute atomic E-state index is 12.4. The van der Waals surface area contributed by atoms with Gasteiger partial charge in [0.1, 0.15) is 6.04 Å². The molecular formula is C18H23N2NaO4. The molecule has 2 N–H and O–H groups in total. The molecule has 2 atom stereocenters. The van der Waals surface area contributed by atoms with E-state index in [2.05, 4.69) is 10.6 Å². The summed E-state index contributed by atoms with van der Waals surface area (Å²) in [6.45, 7) is 3.84. The minimum Gasteiger partial charge on any atom is -0.550 e. The number of amides is 2. The van der Waals surface area contributed by atoms with E-state index in [1.54, 1.807) is 0 Å². The van der Waals surface area contributed by atoms with E-state index in [0.29, 0.717) is 19.3 Å². The number of nitrogens with one attached hydrogen (secondary N) is 2. The Morgan fingerprint density at radius 3 is 2.64 bits per heavy atom. The van der Waals surface area contributed by atoms with E-state index >= 15 is 0 Å². The largest absolute Gasteiger partial charge is 1.00 e. The van der Waals surface area contributed by atoms with Crippen LogP contribution in [0.15, 0.2) is 24.3 Å². The van der Waals surface area contributed by atoms with E-state index in [1.807, 2.05) is 38.1 Å². The zero-order chi connectivity index (χ0) is 17.7. The third kappa shape index (κ3) is 6.45. The van der Waals surface area contributed by atoms with Crippen LogP contribution in [-0.2, 0) is 20.8 Å². The molecule has 0 fully saturated rings. The van der Waals surface area contributed by atoms with Gasteiger partial charge in [0.25, 0.3) is 0 Å². The van der Waals surface area contributed by atoms with E-state index in [9.17, 15) is 19.5 Å². The van der Waals surface area contributed by atoms with Crippen LogP contribution in [0.1, 0.15) is 38.7 Å². The van der Waals surface area contributed by atoms with Gasteiger partial charge in [-0.1, -0.05) is 32.0 Å². The number of carboxylic acids is 1. The Hall–Kier alpha value is -1.37. The number of para-hydroxylation sites is 1. The first-order chi connectivity index (χ1) is 11.4. The average molecular weight is 354 g/mol. The molecule has 2 unspecified atom stereocenters. The summed E-state index contributed by atoms with van der Waals surface area (Å²) in [5.41, 5.74) is 1.78. The van der Waals surface area contributed by atoms with Crippen LogP contribution >= 0.6 is 0 Å². The second-order valence-electron chi connectivity index (χ2n) is 6.65. The van der Waals surface area contributed by atoms with Crippen molar-refractivity contribution in [3.63, 3.8) is 0 Å². The number of aryl methyl sites for hydroxylation is 1. The summed E-state index contributed by atoms with van der Waals surface area (Å²) in [6, 6.07) is 6.85. The SMILES string of the molecule is CC(C)CC(CC(=O)[O-])C(=O)NC1CCc2ccccc2NC1=O.[Na+]. The molecule has 25 heavy (non-hydrogen) atoms. The van der Waals surface area contributed by atoms with Crippen LogP contribution in [0.5, 0.6) is 0 Å². The van der Waals surface area contributed by atoms with Gasteiger partial charge in [-0.3, -0.25) is 9.59 Å². The fourth-order valence-corrected chi connectivity index (χ4v) is 2.99. The number of anilines is 1. The van der Waals surface area contributed by atoms with E-state index in [0.717, 1.165) is 11.3 Å². The van der Waals surface area contributed by atoms with Crippen molar-refractivity contribution in [2.75, 3.05) is 5.32 Å². The number of carbonyl (C=O) groups excluding carboxylic acids is 3. The first-order valence-corrected chi connectivity index (χ1v) is 8.25. The maximum atomic E-state index is 12.4. The standard InChI is InChI=1S/C18H24N2O4.Na/c1-11(2)9-13(10-16(21)22)17(23)20-15-8-7-12-5-3-4-6-14(12)19-18(15)24;/h3-6,11,13,15H,7-10H2,1-2H3,(H,19,24)(H,20,23)(H,21,22);/q;+1/p-1. The molecule has 0 aromatic heterocycles. The van der Waals surface area contributed by atoms with Crippen LogP contribution in [0.3, 0.4) is 0 Å². The van der Waals surface area contributed by atoms with Gasteiger partial charge in [-0.15, -0.1) is 0 Å². The topological polar surface area (TPSA) is 98.3 Å². The Morgan fingerprint density at radius 2 is 2.00 bits per heavy atom. The molecule has 1 aliphatic rings. The van der Waals surface area contributed by atoms with Crippen molar-refractivity contribution in [1.82, 2.24) is 5.32 Å². The van der Waals surface area contributed by atoms with Gasteiger partial charge in [0.15, 0.2) is 0 Å². The Morgan fingerprint density at radius 1 is 1.32 bits per heavy atom. The van der Waals surface area contributed by atoms with Crippen molar-refractivity contribution in [2.45, 2.75) is 45.6 Å². The molecule has 0 spiro atoms. The van der Waals surface area contributed by atoms with E-state index in [4.69, 9.17) is 0 Å². The van der Waals surface area contributed by atoms with Crippen molar-refractivity contribution >= 4 is 23.5 Å². The number of hydrogen-bond donors (Lipinski definition) is 2. The van der Waals surface area contributed by atoms with Crippen LogP contribution in [0.25, 0.3) is 0 Å². The molecule has 0 radical (unpaired) electrons. The molecule has 0 saturated carbocycles. The normalized spacial score (nSPS) is 17.6. The average Bonchev–Trinajstić information content (AvgIpc) is 2.65. The molecule has 7 heteroatoms. The van der Waals surface area contributed by atoms with Crippen molar-refractivity contribution < 1.29 is 49.0 Å². The fourth-order valence-electron chi connectivity index (χ4n) is 2.99. The Labute approximate surface area is 170 Å². The summed E-state index contributed by atoms with van der Waals surface area (Å²) in [6.07, 6.45) is 1.25. The zero-order valence-corrected chi connectivity index (χ0v) is 17.0. The number of benzene rings is 1. The molecule has 6 nitrogen and oxygen atoms in total. The summed E-state index contributed by atoms with van der Waals surface area (Å²) in [5, 5.41) is 16.4. The predicted molar refractivity (Wildman–Crippen MR) is 87.9 cm³/mol. The number of carbonyl (C=O) groups is 3. The summed E-state index contributed by atoms with van der Waals surface area (Å²) in [7, 11) is 0. The van der Waals surface area contributed by atoms with Crippen molar-refractivity contribution in [1.29, 1.82) is 0 Å². The van der Waals surface area contributed by atoms with Crippen molar-refractivity contribution in [2.24, 2.45) is 11.8 Å². The minimum atomic E-state index is -1.26. The quantitative estimate of drug-likeness (QED) is 0.570. The van der Waals surface area contributed by atoms with Gasteiger partial charge in [-0.25, -0.2) is 0 Å². The number of carboxylic acid groups (broad SMARTS) is 1. The first-order valence-electron chi connectivity index (χ1n) is 8.25. The Kier molecular flexibility index (Phi) is 8.62. The number of hydrogen-bond acceptors (Lipinski definition) is 4.